The summed E-state index contributed by atoms with van der Waals surface area (Å²) >= 11 is 2.99. The van der Waals surface area contributed by atoms with Gasteiger partial charge in [-0.05, 0) is 30.2 Å². The van der Waals surface area contributed by atoms with E-state index in [1.807, 2.05) is 49.4 Å². The van der Waals surface area contributed by atoms with Crippen LogP contribution in [0.25, 0.3) is 21.3 Å². The van der Waals surface area contributed by atoms with E-state index in [0.717, 1.165) is 26.4 Å². The zero-order chi connectivity index (χ0) is 20.4. The number of aryl methyl sites for hydroxylation is 1. The van der Waals surface area contributed by atoms with Gasteiger partial charge in [0.25, 0.3) is 5.56 Å². The minimum atomic E-state index is -0.358. The number of fused-ring (bicyclic) bond motifs is 1. The maximum Gasteiger partial charge on any atom is 0.337 e. The fraction of sp³-hybridized carbons (Fsp3) is 0.136. The maximum atomic E-state index is 12.8. The SMILES string of the molecule is COC(=O)c1ccc(CSc2nc3sc(C)c(-c4ccccc4)c3c(=O)[nH]2)cc1. The first-order valence-corrected chi connectivity index (χ1v) is 10.8. The van der Waals surface area contributed by atoms with Gasteiger partial charge in [0, 0.05) is 16.2 Å². The van der Waals surface area contributed by atoms with Gasteiger partial charge in [-0.15, -0.1) is 11.3 Å². The van der Waals surface area contributed by atoms with Crippen LogP contribution in [0, 0.1) is 6.92 Å². The first-order chi connectivity index (χ1) is 14.1. The monoisotopic (exact) mass is 422 g/mol. The third kappa shape index (κ3) is 3.97. The van der Waals surface area contributed by atoms with Crippen molar-refractivity contribution in [2.24, 2.45) is 0 Å². The number of methoxy groups -OCH3 is 1. The van der Waals surface area contributed by atoms with Gasteiger partial charge in [0.1, 0.15) is 4.83 Å². The molecule has 146 valence electrons. The van der Waals surface area contributed by atoms with Crippen LogP contribution in [0.5, 0.6) is 0 Å². The number of rotatable bonds is 5. The Labute approximate surface area is 175 Å². The van der Waals surface area contributed by atoms with Crippen molar-refractivity contribution in [3.8, 4) is 11.1 Å². The van der Waals surface area contributed by atoms with Crippen molar-refractivity contribution in [1.29, 1.82) is 0 Å². The van der Waals surface area contributed by atoms with Crippen LogP contribution in [0.4, 0.5) is 0 Å². The fourth-order valence-corrected chi connectivity index (χ4v) is 5.05. The number of esters is 1. The highest BCUT2D eigenvalue weighted by molar-refractivity contribution is 7.98. The molecule has 0 radical (unpaired) electrons. The van der Waals surface area contributed by atoms with E-state index in [9.17, 15) is 9.59 Å². The molecular formula is C22H18N2O3S2. The van der Waals surface area contributed by atoms with Crippen LogP contribution in [0.3, 0.4) is 0 Å². The smallest absolute Gasteiger partial charge is 0.337 e. The Bertz CT molecular complexity index is 1230. The van der Waals surface area contributed by atoms with E-state index in [1.54, 1.807) is 12.1 Å². The van der Waals surface area contributed by atoms with E-state index in [4.69, 9.17) is 4.74 Å². The van der Waals surface area contributed by atoms with Crippen molar-refractivity contribution >= 4 is 39.3 Å². The number of H-pyrrole nitrogens is 1. The van der Waals surface area contributed by atoms with Crippen LogP contribution in [0.2, 0.25) is 0 Å². The lowest BCUT2D eigenvalue weighted by molar-refractivity contribution is 0.0600. The summed E-state index contributed by atoms with van der Waals surface area (Å²) in [5.74, 6) is 0.272. The van der Waals surface area contributed by atoms with Crippen LogP contribution < -0.4 is 5.56 Å². The number of nitrogens with zero attached hydrogens (tertiary/aromatic N) is 1. The predicted octanol–water partition coefficient (Wildman–Crippen LogP) is 5.04. The Kier molecular flexibility index (Phi) is 5.51. The molecule has 2 aromatic carbocycles. The molecule has 0 aliphatic heterocycles. The summed E-state index contributed by atoms with van der Waals surface area (Å²) in [6.07, 6.45) is 0. The quantitative estimate of drug-likeness (QED) is 0.277. The molecule has 0 unspecified atom stereocenters. The molecule has 4 aromatic rings. The minimum Gasteiger partial charge on any atom is -0.465 e. The predicted molar refractivity (Wildman–Crippen MR) is 118 cm³/mol. The van der Waals surface area contributed by atoms with Crippen molar-refractivity contribution in [1.82, 2.24) is 9.97 Å². The normalized spacial score (nSPS) is 11.0. The van der Waals surface area contributed by atoms with Gasteiger partial charge in [0.05, 0.1) is 18.1 Å². The van der Waals surface area contributed by atoms with Gasteiger partial charge in [-0.2, -0.15) is 0 Å². The second kappa shape index (κ2) is 8.23. The Morgan fingerprint density at radius 3 is 2.55 bits per heavy atom. The number of hydrogen-bond donors (Lipinski definition) is 1. The number of carbonyl (C=O) groups excluding carboxylic acids is 1. The molecule has 2 heterocycles. The van der Waals surface area contributed by atoms with Crippen molar-refractivity contribution in [2.45, 2.75) is 17.8 Å². The van der Waals surface area contributed by atoms with E-state index < -0.39 is 0 Å². The molecule has 0 bridgehead atoms. The Hall–Kier alpha value is -2.90. The molecule has 0 fully saturated rings. The van der Waals surface area contributed by atoms with Gasteiger partial charge >= 0.3 is 5.97 Å². The summed E-state index contributed by atoms with van der Waals surface area (Å²) in [4.78, 5) is 33.7. The first kappa shape index (κ1) is 19.4. The number of ether oxygens (including phenoxy) is 1. The molecule has 2 aromatic heterocycles. The number of benzene rings is 2. The largest absolute Gasteiger partial charge is 0.465 e. The minimum absolute atomic E-state index is 0.123. The lowest BCUT2D eigenvalue weighted by Crippen LogP contribution is -2.08. The van der Waals surface area contributed by atoms with Crippen LogP contribution >= 0.6 is 23.1 Å². The van der Waals surface area contributed by atoms with E-state index >= 15 is 0 Å². The van der Waals surface area contributed by atoms with Crippen molar-refractivity contribution in [3.05, 3.63) is 81.0 Å². The number of thiophene rings is 1. The summed E-state index contributed by atoms with van der Waals surface area (Å²) < 4.78 is 4.71. The molecule has 4 rings (SSSR count). The summed E-state index contributed by atoms with van der Waals surface area (Å²) in [5.41, 5.74) is 3.39. The van der Waals surface area contributed by atoms with Crippen LogP contribution in [0.1, 0.15) is 20.8 Å². The van der Waals surface area contributed by atoms with Crippen LogP contribution in [-0.4, -0.2) is 23.0 Å². The fourth-order valence-electron chi connectivity index (χ4n) is 3.13. The maximum absolute atomic E-state index is 12.8. The first-order valence-electron chi connectivity index (χ1n) is 8.95. The van der Waals surface area contributed by atoms with Gasteiger partial charge in [-0.25, -0.2) is 9.78 Å². The summed E-state index contributed by atoms with van der Waals surface area (Å²) in [5, 5.41) is 1.23. The number of aromatic amines is 1. The van der Waals surface area contributed by atoms with Gasteiger partial charge < -0.3 is 9.72 Å². The summed E-state index contributed by atoms with van der Waals surface area (Å²) in [7, 11) is 1.36. The highest BCUT2D eigenvalue weighted by atomic mass is 32.2. The van der Waals surface area contributed by atoms with Crippen LogP contribution in [-0.2, 0) is 10.5 Å². The van der Waals surface area contributed by atoms with Gasteiger partial charge in [-0.1, -0.05) is 54.2 Å². The standard InChI is InChI=1S/C22H18N2O3S2/c1-13-17(15-6-4-3-5-7-15)18-19(25)23-22(24-20(18)29-13)28-12-14-8-10-16(11-9-14)21(26)27-2/h3-11H,12H2,1-2H3,(H,23,24,25). The lowest BCUT2D eigenvalue weighted by atomic mass is 10.0. The zero-order valence-electron chi connectivity index (χ0n) is 15.9. The molecule has 29 heavy (non-hydrogen) atoms. The highest BCUT2D eigenvalue weighted by Gasteiger charge is 2.16. The number of nitrogens with one attached hydrogen (secondary N) is 1. The molecule has 0 amide bonds. The summed E-state index contributed by atoms with van der Waals surface area (Å²) in [6.45, 7) is 2.02. The number of aromatic nitrogens is 2. The third-order valence-corrected chi connectivity index (χ3v) is 6.47. The molecule has 5 nitrogen and oxygen atoms in total. The van der Waals surface area contributed by atoms with Crippen molar-refractivity contribution < 1.29 is 9.53 Å². The summed E-state index contributed by atoms with van der Waals surface area (Å²) in [6, 6.07) is 17.1. The third-order valence-electron chi connectivity index (χ3n) is 4.53. The molecule has 0 saturated carbocycles. The van der Waals surface area contributed by atoms with Crippen LogP contribution in [0.15, 0.2) is 64.5 Å². The van der Waals surface area contributed by atoms with E-state index in [2.05, 4.69) is 9.97 Å². The van der Waals surface area contributed by atoms with E-state index in [-0.39, 0.29) is 11.5 Å². The Balaban J connectivity index is 1.60. The number of hydrogen-bond acceptors (Lipinski definition) is 6. The molecule has 0 saturated heterocycles. The van der Waals surface area contributed by atoms with Gasteiger partial charge in [0.15, 0.2) is 5.16 Å². The van der Waals surface area contributed by atoms with Gasteiger partial charge in [-0.3, -0.25) is 4.79 Å². The number of thioether (sulfide) groups is 1. The lowest BCUT2D eigenvalue weighted by Gasteiger charge is -2.04. The molecule has 7 heteroatoms. The molecule has 1 N–H and O–H groups in total. The molecule has 0 spiro atoms. The molecular weight excluding hydrogens is 404 g/mol. The van der Waals surface area contributed by atoms with Crippen molar-refractivity contribution in [3.63, 3.8) is 0 Å². The van der Waals surface area contributed by atoms with E-state index in [1.165, 1.54) is 30.2 Å². The Morgan fingerprint density at radius 2 is 1.86 bits per heavy atom. The molecule has 0 atom stereocenters. The van der Waals surface area contributed by atoms with Gasteiger partial charge in [0.2, 0.25) is 0 Å². The second-order valence-electron chi connectivity index (χ2n) is 6.43. The number of carbonyl (C=O) groups is 1. The zero-order valence-corrected chi connectivity index (χ0v) is 17.5. The second-order valence-corrected chi connectivity index (χ2v) is 8.59. The average Bonchev–Trinajstić information content (AvgIpc) is 3.09. The van der Waals surface area contributed by atoms with Crippen molar-refractivity contribution in [2.75, 3.05) is 7.11 Å². The Morgan fingerprint density at radius 1 is 1.14 bits per heavy atom. The van der Waals surface area contributed by atoms with E-state index in [0.29, 0.717) is 21.9 Å². The topological polar surface area (TPSA) is 72.0 Å². The molecule has 0 aliphatic rings. The average molecular weight is 423 g/mol. The highest BCUT2D eigenvalue weighted by Crippen LogP contribution is 2.36. The molecule has 0 aliphatic carbocycles.